The Morgan fingerprint density at radius 1 is 1.27 bits per heavy atom. The van der Waals surface area contributed by atoms with Gasteiger partial charge in [0, 0.05) is 5.75 Å². The molecule has 142 valence electrons. The summed E-state index contributed by atoms with van der Waals surface area (Å²) >= 11 is 1.57. The third kappa shape index (κ3) is 8.77. The Labute approximate surface area is 159 Å². The number of carbonyl (C=O) groups excluding carboxylic acids is 2. The average Bonchev–Trinajstić information content (AvgIpc) is 2.58. The van der Waals surface area contributed by atoms with Gasteiger partial charge >= 0.3 is 12.1 Å². The predicted molar refractivity (Wildman–Crippen MR) is 102 cm³/mol. The van der Waals surface area contributed by atoms with Crippen molar-refractivity contribution in [3.63, 3.8) is 0 Å². The molecule has 0 fully saturated rings. The Kier molecular flexibility index (Phi) is 9.00. The number of nitriles is 1. The van der Waals surface area contributed by atoms with Crippen LogP contribution in [0, 0.1) is 11.3 Å². The number of carbonyl (C=O) groups is 2. The van der Waals surface area contributed by atoms with Gasteiger partial charge in [0.15, 0.2) is 0 Å². The first kappa shape index (κ1) is 21.8. The highest BCUT2D eigenvalue weighted by atomic mass is 32.2. The number of rotatable bonds is 8. The maximum Gasteiger partial charge on any atom is 0.408 e. The van der Waals surface area contributed by atoms with Crippen LogP contribution in [0.25, 0.3) is 0 Å². The number of hydrogen-bond donors (Lipinski definition) is 1. The zero-order chi connectivity index (χ0) is 19.6. The molecule has 0 spiro atoms. The number of thioether (sulfide) groups is 1. The van der Waals surface area contributed by atoms with Crippen LogP contribution < -0.4 is 5.32 Å². The Hall–Kier alpha value is -2.20. The smallest absolute Gasteiger partial charge is 0.408 e. The van der Waals surface area contributed by atoms with Gasteiger partial charge < -0.3 is 14.8 Å². The summed E-state index contributed by atoms with van der Waals surface area (Å²) in [7, 11) is 1.29. The van der Waals surface area contributed by atoms with Crippen LogP contribution in [0.1, 0.15) is 38.3 Å². The fourth-order valence-corrected chi connectivity index (χ4v) is 3.06. The van der Waals surface area contributed by atoms with E-state index in [0.29, 0.717) is 11.3 Å². The molecule has 1 rings (SSSR count). The molecule has 0 aliphatic heterocycles. The Morgan fingerprint density at radius 2 is 1.92 bits per heavy atom. The van der Waals surface area contributed by atoms with Gasteiger partial charge in [-0.15, -0.1) is 0 Å². The van der Waals surface area contributed by atoms with Crippen molar-refractivity contribution in [3.8, 4) is 6.07 Å². The van der Waals surface area contributed by atoms with E-state index in [2.05, 4.69) is 11.4 Å². The van der Waals surface area contributed by atoms with E-state index in [1.54, 1.807) is 44.7 Å². The second-order valence-corrected chi connectivity index (χ2v) is 7.86. The van der Waals surface area contributed by atoms with Crippen LogP contribution in [-0.2, 0) is 20.7 Å². The molecular weight excluding hydrogens is 352 g/mol. The molecule has 1 aromatic rings. The topological polar surface area (TPSA) is 88.4 Å². The van der Waals surface area contributed by atoms with Gasteiger partial charge in [-0.1, -0.05) is 12.1 Å². The van der Waals surface area contributed by atoms with E-state index >= 15 is 0 Å². The predicted octanol–water partition coefficient (Wildman–Crippen LogP) is 3.29. The van der Waals surface area contributed by atoms with Crippen molar-refractivity contribution in [2.24, 2.45) is 0 Å². The number of nitrogens with zero attached hydrogens (tertiary/aromatic N) is 1. The molecule has 6 nitrogen and oxygen atoms in total. The summed E-state index contributed by atoms with van der Waals surface area (Å²) in [4.78, 5) is 23.7. The summed E-state index contributed by atoms with van der Waals surface area (Å²) in [5.74, 6) is 0.762. The second-order valence-electron chi connectivity index (χ2n) is 6.71. The number of nitrogens with one attached hydrogen (secondary N) is 1. The lowest BCUT2D eigenvalue weighted by molar-refractivity contribution is -0.142. The zero-order valence-electron chi connectivity index (χ0n) is 15.7. The van der Waals surface area contributed by atoms with Crippen LogP contribution in [-0.4, -0.2) is 42.3 Å². The highest BCUT2D eigenvalue weighted by molar-refractivity contribution is 7.99. The van der Waals surface area contributed by atoms with Crippen molar-refractivity contribution in [1.82, 2.24) is 5.32 Å². The molecule has 0 radical (unpaired) electrons. The van der Waals surface area contributed by atoms with Gasteiger partial charge in [-0.2, -0.15) is 17.0 Å². The highest BCUT2D eigenvalue weighted by Gasteiger charge is 2.24. The normalized spacial score (nSPS) is 12.0. The Bertz CT molecular complexity index is 632. The number of aryl methyl sites for hydroxylation is 1. The molecule has 0 aromatic heterocycles. The first-order valence-electron chi connectivity index (χ1n) is 8.39. The SMILES string of the molecule is COC(=O)[C@@H](CSCCCc1ccc(C#N)cc1)NC(=O)OC(C)(C)C. The molecule has 0 saturated carbocycles. The van der Waals surface area contributed by atoms with Gasteiger partial charge in [-0.05, 0) is 57.1 Å². The number of benzene rings is 1. The van der Waals surface area contributed by atoms with E-state index < -0.39 is 23.7 Å². The molecule has 1 aromatic carbocycles. The summed E-state index contributed by atoms with van der Waals surface area (Å²) in [6, 6.07) is 8.87. The Balaban J connectivity index is 2.38. The first-order chi connectivity index (χ1) is 12.2. The van der Waals surface area contributed by atoms with Crippen molar-refractivity contribution in [2.75, 3.05) is 18.6 Å². The second kappa shape index (κ2) is 10.7. The van der Waals surface area contributed by atoms with Crippen molar-refractivity contribution < 1.29 is 19.1 Å². The van der Waals surface area contributed by atoms with E-state index in [0.717, 1.165) is 18.6 Å². The average molecular weight is 378 g/mol. The van der Waals surface area contributed by atoms with E-state index in [4.69, 9.17) is 14.7 Å². The maximum absolute atomic E-state index is 11.8. The van der Waals surface area contributed by atoms with Crippen molar-refractivity contribution in [2.45, 2.75) is 45.3 Å². The minimum atomic E-state index is -0.741. The maximum atomic E-state index is 11.8. The molecule has 0 aliphatic carbocycles. The van der Waals surface area contributed by atoms with E-state index in [1.807, 2.05) is 12.1 Å². The minimum Gasteiger partial charge on any atom is -0.467 e. The number of alkyl carbamates (subject to hydrolysis) is 1. The van der Waals surface area contributed by atoms with Crippen molar-refractivity contribution in [3.05, 3.63) is 35.4 Å². The lowest BCUT2D eigenvalue weighted by atomic mass is 10.1. The lowest BCUT2D eigenvalue weighted by Gasteiger charge is -2.22. The van der Waals surface area contributed by atoms with Crippen LogP contribution in [0.2, 0.25) is 0 Å². The molecule has 0 unspecified atom stereocenters. The molecule has 0 aliphatic rings. The monoisotopic (exact) mass is 378 g/mol. The summed E-state index contributed by atoms with van der Waals surface area (Å²) in [5.41, 5.74) is 1.19. The molecule has 0 saturated heterocycles. The van der Waals surface area contributed by atoms with Gasteiger partial charge in [0.05, 0.1) is 18.7 Å². The van der Waals surface area contributed by atoms with Crippen LogP contribution in [0.3, 0.4) is 0 Å². The third-order valence-electron chi connectivity index (χ3n) is 3.30. The zero-order valence-corrected chi connectivity index (χ0v) is 16.5. The quantitative estimate of drug-likeness (QED) is 0.552. The van der Waals surface area contributed by atoms with E-state index in [1.165, 1.54) is 12.7 Å². The van der Waals surface area contributed by atoms with Crippen molar-refractivity contribution >= 4 is 23.8 Å². The van der Waals surface area contributed by atoms with Gasteiger partial charge in [-0.3, -0.25) is 0 Å². The third-order valence-corrected chi connectivity index (χ3v) is 4.44. The number of esters is 1. The summed E-state index contributed by atoms with van der Waals surface area (Å²) in [6.07, 6.45) is 1.18. The largest absolute Gasteiger partial charge is 0.467 e. The van der Waals surface area contributed by atoms with E-state index in [9.17, 15) is 9.59 Å². The lowest BCUT2D eigenvalue weighted by Crippen LogP contribution is -2.45. The fourth-order valence-electron chi connectivity index (χ4n) is 2.09. The Morgan fingerprint density at radius 3 is 2.46 bits per heavy atom. The molecule has 1 atom stereocenters. The van der Waals surface area contributed by atoms with E-state index in [-0.39, 0.29) is 0 Å². The number of hydrogen-bond acceptors (Lipinski definition) is 6. The van der Waals surface area contributed by atoms with Gasteiger partial charge in [-0.25, -0.2) is 9.59 Å². The van der Waals surface area contributed by atoms with Gasteiger partial charge in [0.25, 0.3) is 0 Å². The molecule has 7 heteroatoms. The summed E-state index contributed by atoms with van der Waals surface area (Å²) in [5, 5.41) is 11.3. The molecule has 26 heavy (non-hydrogen) atoms. The number of methoxy groups -OCH3 is 1. The minimum absolute atomic E-state index is 0.416. The number of ether oxygens (including phenoxy) is 2. The van der Waals surface area contributed by atoms with Crippen LogP contribution in [0.4, 0.5) is 4.79 Å². The summed E-state index contributed by atoms with van der Waals surface area (Å²) in [6.45, 7) is 5.28. The van der Waals surface area contributed by atoms with Crippen molar-refractivity contribution in [1.29, 1.82) is 5.26 Å². The molecule has 1 amide bonds. The van der Waals surface area contributed by atoms with Gasteiger partial charge in [0.1, 0.15) is 11.6 Å². The summed E-state index contributed by atoms with van der Waals surface area (Å²) < 4.78 is 9.92. The van der Waals surface area contributed by atoms with Crippen LogP contribution in [0.5, 0.6) is 0 Å². The fraction of sp³-hybridized carbons (Fsp3) is 0.526. The number of amides is 1. The molecular formula is C19H26N2O4S. The molecule has 1 N–H and O–H groups in total. The molecule has 0 bridgehead atoms. The van der Waals surface area contributed by atoms with Gasteiger partial charge in [0.2, 0.25) is 0 Å². The highest BCUT2D eigenvalue weighted by Crippen LogP contribution is 2.12. The van der Waals surface area contributed by atoms with Crippen LogP contribution in [0.15, 0.2) is 24.3 Å². The standard InChI is InChI=1S/C19H26N2O4S/c1-19(2,3)25-18(23)21-16(17(22)24-4)13-26-11-5-6-14-7-9-15(12-20)10-8-14/h7-10,16H,5-6,11,13H2,1-4H3,(H,21,23)/t16-/m1/s1. The first-order valence-corrected chi connectivity index (χ1v) is 9.55. The molecule has 0 heterocycles. The van der Waals surface area contributed by atoms with Crippen LogP contribution >= 0.6 is 11.8 Å².